The number of primary amides is 1. The summed E-state index contributed by atoms with van der Waals surface area (Å²) in [5.74, 6) is -0.332. The number of rotatable bonds is 2. The first-order chi connectivity index (χ1) is 7.03. The standard InChI is InChI=1S/C10H16N4O/c1-10(2,9(11)15)14-6-13-7-5-12-4-3-8(7)14/h6,12H,3-5H2,1-2H3,(H2,11,15). The molecule has 1 aromatic heterocycles. The van der Waals surface area contributed by atoms with Crippen LogP contribution in [0.2, 0.25) is 0 Å². The fourth-order valence-corrected chi connectivity index (χ4v) is 1.84. The lowest BCUT2D eigenvalue weighted by Crippen LogP contribution is -2.42. The molecule has 2 rings (SSSR count). The quantitative estimate of drug-likeness (QED) is 0.704. The van der Waals surface area contributed by atoms with Crippen LogP contribution in [0.5, 0.6) is 0 Å². The van der Waals surface area contributed by atoms with Gasteiger partial charge in [-0.1, -0.05) is 0 Å². The van der Waals surface area contributed by atoms with E-state index in [1.54, 1.807) is 6.33 Å². The van der Waals surface area contributed by atoms with E-state index in [9.17, 15) is 4.79 Å². The van der Waals surface area contributed by atoms with Crippen LogP contribution in [0, 0.1) is 0 Å². The van der Waals surface area contributed by atoms with Gasteiger partial charge in [-0.05, 0) is 13.8 Å². The molecule has 3 N–H and O–H groups in total. The number of hydrogen-bond acceptors (Lipinski definition) is 3. The summed E-state index contributed by atoms with van der Waals surface area (Å²) in [7, 11) is 0. The van der Waals surface area contributed by atoms with Crippen LogP contribution in [0.1, 0.15) is 25.2 Å². The van der Waals surface area contributed by atoms with Crippen LogP contribution in [-0.2, 0) is 23.3 Å². The van der Waals surface area contributed by atoms with Crippen LogP contribution >= 0.6 is 0 Å². The molecule has 0 spiro atoms. The summed E-state index contributed by atoms with van der Waals surface area (Å²) in [6, 6.07) is 0. The summed E-state index contributed by atoms with van der Waals surface area (Å²) in [4.78, 5) is 15.7. The highest BCUT2D eigenvalue weighted by Gasteiger charge is 2.30. The number of fused-ring (bicyclic) bond motifs is 1. The predicted molar refractivity (Wildman–Crippen MR) is 56.2 cm³/mol. The predicted octanol–water partition coefficient (Wildman–Crippen LogP) is -0.251. The minimum Gasteiger partial charge on any atom is -0.368 e. The first-order valence-electron chi connectivity index (χ1n) is 5.09. The largest absolute Gasteiger partial charge is 0.368 e. The molecule has 1 aliphatic rings. The number of amides is 1. The van der Waals surface area contributed by atoms with Crippen LogP contribution in [0.15, 0.2) is 6.33 Å². The number of nitrogens with two attached hydrogens (primary N) is 1. The second-order valence-corrected chi connectivity index (χ2v) is 4.36. The first-order valence-corrected chi connectivity index (χ1v) is 5.09. The molecule has 5 nitrogen and oxygen atoms in total. The number of aromatic nitrogens is 2. The van der Waals surface area contributed by atoms with Gasteiger partial charge in [-0.15, -0.1) is 0 Å². The lowest BCUT2D eigenvalue weighted by Gasteiger charge is -2.26. The molecule has 0 bridgehead atoms. The lowest BCUT2D eigenvalue weighted by molar-refractivity contribution is -0.125. The fourth-order valence-electron chi connectivity index (χ4n) is 1.84. The van der Waals surface area contributed by atoms with Gasteiger partial charge >= 0.3 is 0 Å². The van der Waals surface area contributed by atoms with Crippen molar-refractivity contribution in [3.05, 3.63) is 17.7 Å². The third kappa shape index (κ3) is 1.52. The summed E-state index contributed by atoms with van der Waals surface area (Å²) in [6.45, 7) is 5.34. The highest BCUT2D eigenvalue weighted by atomic mass is 16.1. The van der Waals surface area contributed by atoms with Crippen molar-refractivity contribution in [3.63, 3.8) is 0 Å². The zero-order valence-electron chi connectivity index (χ0n) is 9.08. The molecule has 0 saturated carbocycles. The van der Waals surface area contributed by atoms with Crippen molar-refractivity contribution >= 4 is 5.91 Å². The molecule has 2 heterocycles. The van der Waals surface area contributed by atoms with Crippen molar-refractivity contribution in [1.29, 1.82) is 0 Å². The molecule has 0 unspecified atom stereocenters. The number of carbonyl (C=O) groups excluding carboxylic acids is 1. The highest BCUT2D eigenvalue weighted by molar-refractivity contribution is 5.81. The summed E-state index contributed by atoms with van der Waals surface area (Å²) >= 11 is 0. The van der Waals surface area contributed by atoms with Gasteiger partial charge in [-0.3, -0.25) is 4.79 Å². The Balaban J connectivity index is 2.45. The number of carbonyl (C=O) groups is 1. The third-order valence-electron chi connectivity index (χ3n) is 2.99. The van der Waals surface area contributed by atoms with Gasteiger partial charge in [-0.25, -0.2) is 4.98 Å². The molecule has 0 radical (unpaired) electrons. The van der Waals surface area contributed by atoms with E-state index in [1.807, 2.05) is 18.4 Å². The molecule has 1 amide bonds. The molecular weight excluding hydrogens is 192 g/mol. The topological polar surface area (TPSA) is 72.9 Å². The zero-order valence-corrected chi connectivity index (χ0v) is 9.08. The Kier molecular flexibility index (Phi) is 2.26. The summed E-state index contributed by atoms with van der Waals surface area (Å²) in [6.07, 6.45) is 2.61. The van der Waals surface area contributed by atoms with E-state index in [4.69, 9.17) is 5.73 Å². The second-order valence-electron chi connectivity index (χ2n) is 4.36. The van der Waals surface area contributed by atoms with Crippen LogP contribution in [-0.4, -0.2) is 22.0 Å². The Hall–Kier alpha value is -1.36. The molecular formula is C10H16N4O. The van der Waals surface area contributed by atoms with Gasteiger partial charge in [0.25, 0.3) is 0 Å². The smallest absolute Gasteiger partial charge is 0.243 e. The number of imidazole rings is 1. The van der Waals surface area contributed by atoms with Gasteiger partial charge in [0, 0.05) is 25.2 Å². The molecule has 1 aromatic rings. The third-order valence-corrected chi connectivity index (χ3v) is 2.99. The maximum absolute atomic E-state index is 11.4. The van der Waals surface area contributed by atoms with Crippen LogP contribution < -0.4 is 11.1 Å². The molecule has 5 heteroatoms. The molecule has 0 saturated heterocycles. The minimum absolute atomic E-state index is 0.332. The van der Waals surface area contributed by atoms with Gasteiger partial charge in [0.2, 0.25) is 5.91 Å². The van der Waals surface area contributed by atoms with Gasteiger partial charge in [0.1, 0.15) is 5.54 Å². The van der Waals surface area contributed by atoms with Gasteiger partial charge in [0.05, 0.1) is 12.0 Å². The lowest BCUT2D eigenvalue weighted by atomic mass is 10.0. The number of nitrogens with one attached hydrogen (secondary N) is 1. The molecule has 0 aromatic carbocycles. The Labute approximate surface area is 88.7 Å². The van der Waals surface area contributed by atoms with Crippen molar-refractivity contribution < 1.29 is 4.79 Å². The van der Waals surface area contributed by atoms with E-state index in [0.717, 1.165) is 30.9 Å². The normalized spacial score (nSPS) is 16.1. The number of hydrogen-bond donors (Lipinski definition) is 2. The number of nitrogens with zero attached hydrogens (tertiary/aromatic N) is 2. The molecule has 1 aliphatic heterocycles. The summed E-state index contributed by atoms with van der Waals surface area (Å²) in [5, 5.41) is 3.24. The van der Waals surface area contributed by atoms with E-state index in [0.29, 0.717) is 0 Å². The SMILES string of the molecule is CC(C)(C(N)=O)n1cnc2c1CCNC2. The maximum Gasteiger partial charge on any atom is 0.243 e. The minimum atomic E-state index is -0.697. The van der Waals surface area contributed by atoms with Gasteiger partial charge in [0.15, 0.2) is 0 Å². The Morgan fingerprint density at radius 2 is 2.40 bits per heavy atom. The maximum atomic E-state index is 11.4. The molecule has 0 aliphatic carbocycles. The first kappa shape index (κ1) is 10.2. The Morgan fingerprint density at radius 1 is 1.67 bits per heavy atom. The Morgan fingerprint density at radius 3 is 3.07 bits per heavy atom. The fraction of sp³-hybridized carbons (Fsp3) is 0.600. The average Bonchev–Trinajstić information content (AvgIpc) is 2.61. The van der Waals surface area contributed by atoms with Gasteiger partial charge < -0.3 is 15.6 Å². The Bertz CT molecular complexity index is 394. The monoisotopic (exact) mass is 208 g/mol. The van der Waals surface area contributed by atoms with Crippen LogP contribution in [0.4, 0.5) is 0 Å². The van der Waals surface area contributed by atoms with Crippen molar-refractivity contribution in [3.8, 4) is 0 Å². The van der Waals surface area contributed by atoms with E-state index < -0.39 is 5.54 Å². The summed E-state index contributed by atoms with van der Waals surface area (Å²) in [5.41, 5.74) is 6.84. The van der Waals surface area contributed by atoms with Gasteiger partial charge in [-0.2, -0.15) is 0 Å². The van der Waals surface area contributed by atoms with Crippen molar-refractivity contribution in [2.75, 3.05) is 6.54 Å². The molecule has 15 heavy (non-hydrogen) atoms. The molecule has 0 fully saturated rings. The van der Waals surface area contributed by atoms with E-state index >= 15 is 0 Å². The second kappa shape index (κ2) is 3.34. The molecule has 0 atom stereocenters. The van der Waals surface area contributed by atoms with Crippen LogP contribution in [0.3, 0.4) is 0 Å². The van der Waals surface area contributed by atoms with E-state index in [2.05, 4.69) is 10.3 Å². The highest BCUT2D eigenvalue weighted by Crippen LogP contribution is 2.21. The van der Waals surface area contributed by atoms with Crippen LogP contribution in [0.25, 0.3) is 0 Å². The van der Waals surface area contributed by atoms with E-state index in [-0.39, 0.29) is 5.91 Å². The summed E-state index contributed by atoms with van der Waals surface area (Å²) < 4.78 is 1.89. The molecule has 82 valence electrons. The van der Waals surface area contributed by atoms with Crippen molar-refractivity contribution in [1.82, 2.24) is 14.9 Å². The van der Waals surface area contributed by atoms with E-state index in [1.165, 1.54) is 0 Å². The van der Waals surface area contributed by atoms with Crippen molar-refractivity contribution in [2.24, 2.45) is 5.73 Å². The average molecular weight is 208 g/mol. The zero-order chi connectivity index (χ0) is 11.1. The van der Waals surface area contributed by atoms with Crippen molar-refractivity contribution in [2.45, 2.75) is 32.4 Å².